The van der Waals surface area contributed by atoms with Crippen LogP contribution >= 0.6 is 15.9 Å². The highest BCUT2D eigenvalue weighted by atomic mass is 79.9. The highest BCUT2D eigenvalue weighted by Gasteiger charge is 2.14. The minimum atomic E-state index is 0.483. The third-order valence-electron chi connectivity index (χ3n) is 3.19. The largest absolute Gasteiger partial charge is 0.494 e. The molecule has 0 unspecified atom stereocenters. The Morgan fingerprint density at radius 3 is 2.48 bits per heavy atom. The van der Waals surface area contributed by atoms with Crippen LogP contribution in [0.2, 0.25) is 0 Å². The second-order valence-corrected chi connectivity index (χ2v) is 5.37. The Morgan fingerprint density at radius 2 is 1.86 bits per heavy atom. The van der Waals surface area contributed by atoms with Crippen molar-refractivity contribution in [2.75, 3.05) is 6.61 Å². The van der Waals surface area contributed by atoms with Gasteiger partial charge in [0.05, 0.1) is 22.5 Å². The van der Waals surface area contributed by atoms with Gasteiger partial charge in [-0.3, -0.25) is 4.68 Å². The lowest BCUT2D eigenvalue weighted by molar-refractivity contribution is 0.287. The van der Waals surface area contributed by atoms with E-state index in [9.17, 15) is 0 Å². The van der Waals surface area contributed by atoms with E-state index in [0.29, 0.717) is 13.2 Å². The van der Waals surface area contributed by atoms with Crippen LogP contribution in [0.5, 0.6) is 11.5 Å². The van der Waals surface area contributed by atoms with Gasteiger partial charge in [0.1, 0.15) is 18.1 Å². The van der Waals surface area contributed by atoms with Crippen LogP contribution < -0.4 is 9.47 Å². The van der Waals surface area contributed by atoms with Crippen molar-refractivity contribution < 1.29 is 9.47 Å². The molecule has 0 amide bonds. The monoisotopic (exact) mass is 352 g/mol. The smallest absolute Gasteiger partial charge is 0.131 e. The van der Waals surface area contributed by atoms with Crippen LogP contribution in [-0.4, -0.2) is 16.4 Å². The fourth-order valence-electron chi connectivity index (χ4n) is 2.13. The van der Waals surface area contributed by atoms with Crippen molar-refractivity contribution in [3.05, 3.63) is 40.1 Å². The molecule has 114 valence electrons. The van der Waals surface area contributed by atoms with Crippen molar-refractivity contribution in [2.45, 2.75) is 40.3 Å². The maximum atomic E-state index is 5.89. The van der Waals surface area contributed by atoms with Crippen LogP contribution in [0.25, 0.3) is 0 Å². The number of aromatic nitrogens is 2. The molecule has 2 rings (SSSR count). The molecule has 5 heteroatoms. The van der Waals surface area contributed by atoms with Crippen molar-refractivity contribution >= 4 is 15.9 Å². The number of rotatable bonds is 7. The van der Waals surface area contributed by atoms with E-state index < -0.39 is 0 Å². The summed E-state index contributed by atoms with van der Waals surface area (Å²) in [5.41, 5.74) is 2.13. The highest BCUT2D eigenvalue weighted by Crippen LogP contribution is 2.25. The summed E-state index contributed by atoms with van der Waals surface area (Å²) in [6.45, 7) is 8.11. The van der Waals surface area contributed by atoms with E-state index in [0.717, 1.165) is 40.3 Å². The van der Waals surface area contributed by atoms with Gasteiger partial charge in [-0.25, -0.2) is 0 Å². The minimum Gasteiger partial charge on any atom is -0.494 e. The molecule has 0 fully saturated rings. The lowest BCUT2D eigenvalue weighted by Gasteiger charge is -2.10. The fraction of sp³-hybridized carbons (Fsp3) is 0.438. The fourth-order valence-corrected chi connectivity index (χ4v) is 2.81. The van der Waals surface area contributed by atoms with Crippen molar-refractivity contribution in [1.82, 2.24) is 9.78 Å². The lowest BCUT2D eigenvalue weighted by Crippen LogP contribution is -2.06. The van der Waals surface area contributed by atoms with Gasteiger partial charge in [0.15, 0.2) is 0 Å². The number of aryl methyl sites for hydroxylation is 2. The van der Waals surface area contributed by atoms with Crippen molar-refractivity contribution in [3.63, 3.8) is 0 Å². The van der Waals surface area contributed by atoms with Crippen molar-refractivity contribution in [2.24, 2.45) is 0 Å². The maximum Gasteiger partial charge on any atom is 0.131 e. The molecule has 21 heavy (non-hydrogen) atoms. The van der Waals surface area contributed by atoms with Crippen LogP contribution in [0.4, 0.5) is 0 Å². The number of ether oxygens (including phenoxy) is 2. The normalized spacial score (nSPS) is 10.7. The van der Waals surface area contributed by atoms with Crippen LogP contribution in [0.15, 0.2) is 28.7 Å². The first-order valence-electron chi connectivity index (χ1n) is 7.29. The first kappa shape index (κ1) is 15.9. The SMILES string of the molecule is CCOc1cccc(OCc2c(Br)c(CC)nn2CC)c1. The second-order valence-electron chi connectivity index (χ2n) is 4.57. The Balaban J connectivity index is 2.12. The average molecular weight is 353 g/mol. The predicted molar refractivity (Wildman–Crippen MR) is 86.9 cm³/mol. The molecule has 0 N–H and O–H groups in total. The molecular weight excluding hydrogens is 332 g/mol. The van der Waals surface area contributed by atoms with E-state index in [1.807, 2.05) is 35.9 Å². The lowest BCUT2D eigenvalue weighted by atomic mass is 10.3. The Kier molecular flexibility index (Phi) is 5.67. The molecule has 1 heterocycles. The van der Waals surface area contributed by atoms with Gasteiger partial charge in [-0.1, -0.05) is 13.0 Å². The third-order valence-corrected chi connectivity index (χ3v) is 4.10. The molecule has 0 saturated carbocycles. The van der Waals surface area contributed by atoms with E-state index >= 15 is 0 Å². The van der Waals surface area contributed by atoms with Crippen LogP contribution in [-0.2, 0) is 19.6 Å². The summed E-state index contributed by atoms with van der Waals surface area (Å²) in [5, 5.41) is 4.57. The molecule has 1 aromatic heterocycles. The molecule has 1 aromatic carbocycles. The summed E-state index contributed by atoms with van der Waals surface area (Å²) in [4.78, 5) is 0. The molecule has 2 aromatic rings. The molecule has 0 aliphatic carbocycles. The van der Waals surface area contributed by atoms with Gasteiger partial charge in [0.2, 0.25) is 0 Å². The van der Waals surface area contributed by atoms with Gasteiger partial charge in [-0.2, -0.15) is 5.10 Å². The summed E-state index contributed by atoms with van der Waals surface area (Å²) in [6, 6.07) is 7.70. The van der Waals surface area contributed by atoms with Crippen LogP contribution in [0.1, 0.15) is 32.2 Å². The van der Waals surface area contributed by atoms with Gasteiger partial charge in [-0.15, -0.1) is 0 Å². The van der Waals surface area contributed by atoms with Crippen molar-refractivity contribution in [1.29, 1.82) is 0 Å². The highest BCUT2D eigenvalue weighted by molar-refractivity contribution is 9.10. The van der Waals surface area contributed by atoms with E-state index in [1.54, 1.807) is 0 Å². The Bertz CT molecular complexity index is 596. The topological polar surface area (TPSA) is 36.3 Å². The first-order chi connectivity index (χ1) is 10.2. The zero-order valence-electron chi connectivity index (χ0n) is 12.7. The summed E-state index contributed by atoms with van der Waals surface area (Å²) >= 11 is 3.63. The van der Waals surface area contributed by atoms with Crippen LogP contribution in [0, 0.1) is 0 Å². The van der Waals surface area contributed by atoms with Gasteiger partial charge < -0.3 is 9.47 Å². The molecule has 0 spiro atoms. The van der Waals surface area contributed by atoms with Gasteiger partial charge in [-0.05, 0) is 48.3 Å². The van der Waals surface area contributed by atoms with Crippen molar-refractivity contribution in [3.8, 4) is 11.5 Å². The zero-order chi connectivity index (χ0) is 15.2. The molecule has 0 radical (unpaired) electrons. The van der Waals surface area contributed by atoms with Gasteiger partial charge >= 0.3 is 0 Å². The predicted octanol–water partition coefficient (Wildman–Crippen LogP) is 4.21. The maximum absolute atomic E-state index is 5.89. The molecule has 0 atom stereocenters. The zero-order valence-corrected chi connectivity index (χ0v) is 14.3. The second kappa shape index (κ2) is 7.50. The van der Waals surface area contributed by atoms with E-state index in [4.69, 9.17) is 9.47 Å². The molecular formula is C16H21BrN2O2. The summed E-state index contributed by atoms with van der Waals surface area (Å²) in [7, 11) is 0. The van der Waals surface area contributed by atoms with Gasteiger partial charge in [0, 0.05) is 12.6 Å². The molecule has 0 aliphatic heterocycles. The molecule has 0 bridgehead atoms. The number of nitrogens with zero attached hydrogens (tertiary/aromatic N) is 2. The average Bonchev–Trinajstić information content (AvgIpc) is 2.81. The Hall–Kier alpha value is -1.49. The number of hydrogen-bond donors (Lipinski definition) is 0. The van der Waals surface area contributed by atoms with Crippen LogP contribution in [0.3, 0.4) is 0 Å². The quantitative estimate of drug-likeness (QED) is 0.748. The molecule has 4 nitrogen and oxygen atoms in total. The Morgan fingerprint density at radius 1 is 1.14 bits per heavy atom. The van der Waals surface area contributed by atoms with E-state index in [2.05, 4.69) is 34.9 Å². The van der Waals surface area contributed by atoms with E-state index in [-0.39, 0.29) is 0 Å². The van der Waals surface area contributed by atoms with Gasteiger partial charge in [0.25, 0.3) is 0 Å². The Labute approximate surface area is 134 Å². The molecule has 0 saturated heterocycles. The summed E-state index contributed by atoms with van der Waals surface area (Å²) in [6.07, 6.45) is 0.903. The first-order valence-corrected chi connectivity index (χ1v) is 8.08. The minimum absolute atomic E-state index is 0.483. The standard InChI is InChI=1S/C16H21BrN2O2/c1-4-14-16(17)15(19(5-2)18-14)11-21-13-9-7-8-12(10-13)20-6-3/h7-10H,4-6,11H2,1-3H3. The summed E-state index contributed by atoms with van der Waals surface area (Å²) in [5.74, 6) is 1.63. The number of halogens is 1. The third kappa shape index (κ3) is 3.79. The molecule has 0 aliphatic rings. The number of benzene rings is 1. The number of hydrogen-bond acceptors (Lipinski definition) is 3. The summed E-state index contributed by atoms with van der Waals surface area (Å²) < 4.78 is 14.4. The van der Waals surface area contributed by atoms with E-state index in [1.165, 1.54) is 0 Å².